The van der Waals surface area contributed by atoms with Crippen LogP contribution in [0.5, 0.6) is 5.75 Å². The highest BCUT2D eigenvalue weighted by molar-refractivity contribution is 9.10. The molecule has 0 amide bonds. The topological polar surface area (TPSA) is 35.5 Å². The summed E-state index contributed by atoms with van der Waals surface area (Å²) in [6, 6.07) is 4.65. The number of esters is 1. The van der Waals surface area contributed by atoms with Crippen LogP contribution >= 0.6 is 27.3 Å². The molecule has 0 spiro atoms. The van der Waals surface area contributed by atoms with E-state index >= 15 is 0 Å². The van der Waals surface area contributed by atoms with Crippen molar-refractivity contribution in [2.24, 2.45) is 0 Å². The summed E-state index contributed by atoms with van der Waals surface area (Å²) < 4.78 is 48.2. The summed E-state index contributed by atoms with van der Waals surface area (Å²) in [6.07, 6.45) is -4.37. The van der Waals surface area contributed by atoms with Gasteiger partial charge in [0.1, 0.15) is 6.61 Å². The third-order valence-electron chi connectivity index (χ3n) is 2.74. The molecule has 3 nitrogen and oxygen atoms in total. The molecule has 22 heavy (non-hydrogen) atoms. The summed E-state index contributed by atoms with van der Waals surface area (Å²) in [7, 11) is 1.26. The van der Waals surface area contributed by atoms with Gasteiger partial charge in [-0.05, 0) is 33.6 Å². The normalized spacial score (nSPS) is 11.3. The number of thiophene rings is 1. The highest BCUT2D eigenvalue weighted by Crippen LogP contribution is 2.36. The summed E-state index contributed by atoms with van der Waals surface area (Å²) >= 11 is 4.41. The van der Waals surface area contributed by atoms with E-state index in [9.17, 15) is 18.0 Å². The van der Waals surface area contributed by atoms with Crippen LogP contribution in [0.4, 0.5) is 13.2 Å². The number of ether oxygens (including phenoxy) is 2. The molecule has 0 aliphatic carbocycles. The molecule has 0 N–H and O–H groups in total. The Morgan fingerprint density at radius 2 is 1.91 bits per heavy atom. The zero-order chi connectivity index (χ0) is 16.3. The van der Waals surface area contributed by atoms with Gasteiger partial charge in [-0.3, -0.25) is 0 Å². The number of alkyl halides is 3. The first kappa shape index (κ1) is 16.8. The number of halogens is 4. The van der Waals surface area contributed by atoms with Crippen LogP contribution in [0.1, 0.15) is 20.8 Å². The lowest BCUT2D eigenvalue weighted by Crippen LogP contribution is -2.06. The van der Waals surface area contributed by atoms with Crippen molar-refractivity contribution in [3.05, 3.63) is 50.1 Å². The van der Waals surface area contributed by atoms with Gasteiger partial charge in [0.05, 0.1) is 17.1 Å². The molecule has 0 bridgehead atoms. The molecule has 0 fully saturated rings. The van der Waals surface area contributed by atoms with Gasteiger partial charge >= 0.3 is 12.1 Å². The third kappa shape index (κ3) is 3.80. The molecule has 1 heterocycles. The van der Waals surface area contributed by atoms with Crippen LogP contribution in [0, 0.1) is 0 Å². The minimum atomic E-state index is -4.37. The molecule has 0 aliphatic rings. The second-order valence-electron chi connectivity index (χ2n) is 4.22. The minimum Gasteiger partial charge on any atom is -0.486 e. The molecule has 2 rings (SSSR count). The van der Waals surface area contributed by atoms with Crippen molar-refractivity contribution in [2.75, 3.05) is 7.11 Å². The summed E-state index contributed by atoms with van der Waals surface area (Å²) in [5, 5.41) is 1.67. The highest BCUT2D eigenvalue weighted by Gasteiger charge is 2.30. The van der Waals surface area contributed by atoms with Crippen molar-refractivity contribution in [2.45, 2.75) is 12.8 Å². The number of rotatable bonds is 4. The predicted octanol–water partition coefficient (Wildman–Crippen LogP) is 4.90. The first-order valence-electron chi connectivity index (χ1n) is 5.97. The fraction of sp³-hybridized carbons (Fsp3) is 0.214. The Balaban J connectivity index is 2.11. The van der Waals surface area contributed by atoms with Gasteiger partial charge in [0.15, 0.2) is 10.6 Å². The van der Waals surface area contributed by atoms with Crippen molar-refractivity contribution in [1.82, 2.24) is 0 Å². The average molecular weight is 395 g/mol. The van der Waals surface area contributed by atoms with Gasteiger partial charge in [-0.15, -0.1) is 11.3 Å². The minimum absolute atomic E-state index is 0.0392. The quantitative estimate of drug-likeness (QED) is 0.692. The Labute approximate surface area is 136 Å². The smallest absolute Gasteiger partial charge is 0.416 e. The molecule has 1 aromatic heterocycles. The SMILES string of the molecule is COC(=O)c1scc(Br)c1OCc1ccc(C(F)(F)F)cc1. The molecule has 0 radical (unpaired) electrons. The number of benzene rings is 1. The van der Waals surface area contributed by atoms with Crippen LogP contribution in [-0.4, -0.2) is 13.1 Å². The Morgan fingerprint density at radius 3 is 2.45 bits per heavy atom. The van der Waals surface area contributed by atoms with Crippen LogP contribution in [0.2, 0.25) is 0 Å². The lowest BCUT2D eigenvalue weighted by Gasteiger charge is -2.09. The lowest BCUT2D eigenvalue weighted by atomic mass is 10.1. The molecule has 0 unspecified atom stereocenters. The zero-order valence-electron chi connectivity index (χ0n) is 11.2. The maximum atomic E-state index is 12.5. The molecule has 0 saturated heterocycles. The zero-order valence-corrected chi connectivity index (χ0v) is 13.6. The Kier molecular flexibility index (Phi) is 5.12. The van der Waals surface area contributed by atoms with E-state index in [1.54, 1.807) is 5.38 Å². The number of methoxy groups -OCH3 is 1. The van der Waals surface area contributed by atoms with Crippen molar-refractivity contribution in [1.29, 1.82) is 0 Å². The van der Waals surface area contributed by atoms with E-state index < -0.39 is 17.7 Å². The van der Waals surface area contributed by atoms with Crippen LogP contribution in [0.15, 0.2) is 34.1 Å². The summed E-state index contributed by atoms with van der Waals surface area (Å²) in [5.74, 6) is -0.213. The van der Waals surface area contributed by atoms with Gasteiger partial charge < -0.3 is 9.47 Å². The number of carbonyl (C=O) groups is 1. The monoisotopic (exact) mass is 394 g/mol. The molecule has 8 heteroatoms. The first-order chi connectivity index (χ1) is 10.3. The molecular weight excluding hydrogens is 385 g/mol. The van der Waals surface area contributed by atoms with Gasteiger partial charge in [0.25, 0.3) is 0 Å². The van der Waals surface area contributed by atoms with Crippen LogP contribution in [0.3, 0.4) is 0 Å². The van der Waals surface area contributed by atoms with Crippen molar-refractivity contribution in [3.8, 4) is 5.75 Å². The van der Waals surface area contributed by atoms with Crippen LogP contribution in [-0.2, 0) is 17.5 Å². The maximum absolute atomic E-state index is 12.5. The molecule has 2 aromatic rings. The van der Waals surface area contributed by atoms with Gasteiger partial charge in [-0.25, -0.2) is 4.79 Å². The Morgan fingerprint density at radius 1 is 1.27 bits per heavy atom. The van der Waals surface area contributed by atoms with Gasteiger partial charge in [0.2, 0.25) is 0 Å². The van der Waals surface area contributed by atoms with Gasteiger partial charge in [0, 0.05) is 5.38 Å². The van der Waals surface area contributed by atoms with E-state index in [1.807, 2.05) is 0 Å². The fourth-order valence-corrected chi connectivity index (χ4v) is 3.15. The fourth-order valence-electron chi connectivity index (χ4n) is 1.64. The van der Waals surface area contributed by atoms with Crippen molar-refractivity contribution >= 4 is 33.2 Å². The van der Waals surface area contributed by atoms with Crippen molar-refractivity contribution in [3.63, 3.8) is 0 Å². The van der Waals surface area contributed by atoms with E-state index in [0.29, 0.717) is 20.7 Å². The molecule has 0 aliphatic heterocycles. The summed E-state index contributed by atoms with van der Waals surface area (Å²) in [6.45, 7) is 0.0392. The van der Waals surface area contributed by atoms with E-state index in [0.717, 1.165) is 23.5 Å². The molecule has 1 aromatic carbocycles. The molecular formula is C14H10BrF3O3S. The molecule has 118 valence electrons. The largest absolute Gasteiger partial charge is 0.486 e. The standard InChI is InChI=1S/C14H10BrF3O3S/c1-20-13(19)12-11(10(15)7-22-12)21-6-8-2-4-9(5-3-8)14(16,17)18/h2-5,7H,6H2,1H3. The number of hydrogen-bond donors (Lipinski definition) is 0. The van der Waals surface area contributed by atoms with E-state index in [1.165, 1.54) is 19.2 Å². The van der Waals surface area contributed by atoms with Crippen LogP contribution in [0.25, 0.3) is 0 Å². The molecule has 0 atom stereocenters. The predicted molar refractivity (Wildman–Crippen MR) is 79.1 cm³/mol. The van der Waals surface area contributed by atoms with E-state index in [-0.39, 0.29) is 6.61 Å². The summed E-state index contributed by atoms with van der Waals surface area (Å²) in [5.41, 5.74) is -0.162. The average Bonchev–Trinajstić information content (AvgIpc) is 2.85. The Bertz CT molecular complexity index is 665. The van der Waals surface area contributed by atoms with Crippen molar-refractivity contribution < 1.29 is 27.4 Å². The number of carbonyl (C=O) groups excluding carboxylic acids is 1. The highest BCUT2D eigenvalue weighted by atomic mass is 79.9. The Hall–Kier alpha value is -1.54. The summed E-state index contributed by atoms with van der Waals surface area (Å²) in [4.78, 5) is 11.9. The third-order valence-corrected chi connectivity index (χ3v) is 4.57. The molecule has 0 saturated carbocycles. The van der Waals surface area contributed by atoms with Crippen LogP contribution < -0.4 is 4.74 Å². The maximum Gasteiger partial charge on any atom is 0.416 e. The van der Waals surface area contributed by atoms with E-state index in [2.05, 4.69) is 20.7 Å². The second-order valence-corrected chi connectivity index (χ2v) is 5.95. The number of hydrogen-bond acceptors (Lipinski definition) is 4. The van der Waals surface area contributed by atoms with Gasteiger partial charge in [-0.1, -0.05) is 12.1 Å². The lowest BCUT2D eigenvalue weighted by molar-refractivity contribution is -0.137. The first-order valence-corrected chi connectivity index (χ1v) is 7.64. The van der Waals surface area contributed by atoms with Gasteiger partial charge in [-0.2, -0.15) is 13.2 Å². The second kappa shape index (κ2) is 6.70. The van der Waals surface area contributed by atoms with E-state index in [4.69, 9.17) is 4.74 Å².